The number of halogens is 1. The van der Waals surface area contributed by atoms with Crippen molar-refractivity contribution >= 4 is 19.4 Å². The van der Waals surface area contributed by atoms with Gasteiger partial charge >= 0.3 is 7.69 Å². The molecule has 0 unspecified atom stereocenters. The van der Waals surface area contributed by atoms with Gasteiger partial charge in [0.05, 0.1) is 0 Å². The molecule has 0 aliphatic rings. The predicted molar refractivity (Wildman–Crippen MR) is 48.4 cm³/mol. The van der Waals surface area contributed by atoms with Crippen molar-refractivity contribution in [3.8, 4) is 0 Å². The average molecular weight is 187 g/mol. The van der Waals surface area contributed by atoms with Crippen LogP contribution in [0.1, 0.15) is 0 Å². The second-order valence-corrected chi connectivity index (χ2v) is 2.66. The SMILES string of the molecule is CSc1cccc(F)c1.O[B]O. The molecular formula is C7H9BFO2S. The molecule has 1 rings (SSSR count). The zero-order valence-corrected chi connectivity index (χ0v) is 7.38. The summed E-state index contributed by atoms with van der Waals surface area (Å²) in [6.45, 7) is 0. The fourth-order valence-electron chi connectivity index (χ4n) is 0.594. The van der Waals surface area contributed by atoms with E-state index in [2.05, 4.69) is 0 Å². The van der Waals surface area contributed by atoms with Crippen LogP contribution in [-0.2, 0) is 0 Å². The first-order valence-electron chi connectivity index (χ1n) is 3.14. The second-order valence-electron chi connectivity index (χ2n) is 1.78. The Bertz CT molecular complexity index is 222. The zero-order valence-electron chi connectivity index (χ0n) is 6.57. The zero-order chi connectivity index (χ0) is 9.40. The third kappa shape index (κ3) is 5.18. The van der Waals surface area contributed by atoms with Gasteiger partial charge in [0, 0.05) is 4.90 Å². The molecule has 0 heterocycles. The fourth-order valence-corrected chi connectivity index (χ4v) is 1.04. The predicted octanol–water partition coefficient (Wildman–Crippen LogP) is 1.05. The fraction of sp³-hybridized carbons (Fsp3) is 0.143. The van der Waals surface area contributed by atoms with Crippen LogP contribution in [0.4, 0.5) is 4.39 Å². The van der Waals surface area contributed by atoms with E-state index in [9.17, 15) is 4.39 Å². The van der Waals surface area contributed by atoms with Crippen molar-refractivity contribution in [2.24, 2.45) is 0 Å². The molecule has 0 saturated carbocycles. The summed E-state index contributed by atoms with van der Waals surface area (Å²) in [7, 11) is 0. The highest BCUT2D eigenvalue weighted by Gasteiger charge is 1.89. The monoisotopic (exact) mass is 187 g/mol. The minimum absolute atomic E-state index is 0. The van der Waals surface area contributed by atoms with Crippen molar-refractivity contribution in [3.05, 3.63) is 30.1 Å². The first kappa shape index (κ1) is 11.5. The molecule has 2 nitrogen and oxygen atoms in total. The summed E-state index contributed by atoms with van der Waals surface area (Å²) in [4.78, 5) is 0.968. The Kier molecular flexibility index (Phi) is 6.84. The summed E-state index contributed by atoms with van der Waals surface area (Å²) in [6, 6.07) is 6.55. The van der Waals surface area contributed by atoms with Crippen LogP contribution < -0.4 is 0 Å². The van der Waals surface area contributed by atoms with Crippen molar-refractivity contribution in [1.82, 2.24) is 0 Å². The first-order valence-corrected chi connectivity index (χ1v) is 4.36. The van der Waals surface area contributed by atoms with E-state index in [0.29, 0.717) is 0 Å². The van der Waals surface area contributed by atoms with Gasteiger partial charge < -0.3 is 10.0 Å². The Balaban J connectivity index is 0.000000354. The van der Waals surface area contributed by atoms with Gasteiger partial charge in [-0.3, -0.25) is 0 Å². The summed E-state index contributed by atoms with van der Waals surface area (Å²) in [5.74, 6) is -0.165. The highest BCUT2D eigenvalue weighted by atomic mass is 32.2. The molecule has 2 N–H and O–H groups in total. The van der Waals surface area contributed by atoms with E-state index < -0.39 is 0 Å². The lowest BCUT2D eigenvalue weighted by molar-refractivity contribution is 0.448. The molecule has 1 radical (unpaired) electrons. The minimum Gasteiger partial charge on any atom is -0.429 e. The van der Waals surface area contributed by atoms with E-state index in [1.165, 1.54) is 12.1 Å². The first-order chi connectivity index (χ1) is 5.74. The van der Waals surface area contributed by atoms with Gasteiger partial charge in [0.25, 0.3) is 0 Å². The lowest BCUT2D eigenvalue weighted by Crippen LogP contribution is -1.75. The van der Waals surface area contributed by atoms with Crippen LogP contribution in [0.5, 0.6) is 0 Å². The van der Waals surface area contributed by atoms with E-state index in [1.807, 2.05) is 12.3 Å². The molecule has 0 bridgehead atoms. The van der Waals surface area contributed by atoms with Crippen molar-refractivity contribution in [3.63, 3.8) is 0 Å². The molecule has 0 amide bonds. The summed E-state index contributed by atoms with van der Waals surface area (Å²) in [5.41, 5.74) is 0. The van der Waals surface area contributed by atoms with Crippen molar-refractivity contribution < 1.29 is 14.4 Å². The number of thioether (sulfide) groups is 1. The third-order valence-corrected chi connectivity index (χ3v) is 1.76. The maximum absolute atomic E-state index is 12.3. The molecule has 1 aromatic rings. The van der Waals surface area contributed by atoms with Gasteiger partial charge in [0.15, 0.2) is 0 Å². The minimum atomic E-state index is -0.165. The second kappa shape index (κ2) is 7.15. The highest BCUT2D eigenvalue weighted by Crippen LogP contribution is 2.14. The van der Waals surface area contributed by atoms with Crippen LogP contribution in [0.25, 0.3) is 0 Å². The normalized spacial score (nSPS) is 8.33. The maximum Gasteiger partial charge on any atom is 0.482 e. The van der Waals surface area contributed by atoms with Crippen molar-refractivity contribution in [2.45, 2.75) is 4.90 Å². The van der Waals surface area contributed by atoms with Crippen LogP contribution in [0.15, 0.2) is 29.2 Å². The Morgan fingerprint density at radius 3 is 2.33 bits per heavy atom. The van der Waals surface area contributed by atoms with Crippen LogP contribution in [0.2, 0.25) is 0 Å². The quantitative estimate of drug-likeness (QED) is 0.510. The summed E-state index contributed by atoms with van der Waals surface area (Å²) in [5, 5.41) is 14.0. The lowest BCUT2D eigenvalue weighted by Gasteiger charge is -1.92. The molecule has 0 aromatic heterocycles. The van der Waals surface area contributed by atoms with E-state index in [1.54, 1.807) is 17.8 Å². The molecular weight excluding hydrogens is 178 g/mol. The van der Waals surface area contributed by atoms with Gasteiger partial charge in [0.1, 0.15) is 5.82 Å². The largest absolute Gasteiger partial charge is 0.482 e. The van der Waals surface area contributed by atoms with E-state index in [-0.39, 0.29) is 13.5 Å². The van der Waals surface area contributed by atoms with E-state index in [0.717, 1.165) is 4.90 Å². The van der Waals surface area contributed by atoms with Crippen molar-refractivity contribution in [1.29, 1.82) is 0 Å². The van der Waals surface area contributed by atoms with Gasteiger partial charge in [-0.05, 0) is 24.5 Å². The van der Waals surface area contributed by atoms with Gasteiger partial charge in [-0.2, -0.15) is 0 Å². The van der Waals surface area contributed by atoms with Crippen LogP contribution in [0, 0.1) is 5.82 Å². The van der Waals surface area contributed by atoms with Crippen molar-refractivity contribution in [2.75, 3.05) is 6.26 Å². The number of hydrogen-bond acceptors (Lipinski definition) is 3. The third-order valence-electron chi connectivity index (χ3n) is 1.03. The molecule has 0 aliphatic carbocycles. The van der Waals surface area contributed by atoms with Crippen LogP contribution >= 0.6 is 11.8 Å². The summed E-state index contributed by atoms with van der Waals surface area (Å²) >= 11 is 1.54. The van der Waals surface area contributed by atoms with E-state index >= 15 is 0 Å². The van der Waals surface area contributed by atoms with Gasteiger partial charge in [-0.15, -0.1) is 11.8 Å². The molecule has 0 atom stereocenters. The van der Waals surface area contributed by atoms with Gasteiger partial charge in [-0.25, -0.2) is 4.39 Å². The van der Waals surface area contributed by atoms with Crippen LogP contribution in [-0.4, -0.2) is 24.0 Å². The van der Waals surface area contributed by atoms with E-state index in [4.69, 9.17) is 10.0 Å². The Morgan fingerprint density at radius 2 is 2.00 bits per heavy atom. The molecule has 0 fully saturated rings. The van der Waals surface area contributed by atoms with Crippen LogP contribution in [0.3, 0.4) is 0 Å². The lowest BCUT2D eigenvalue weighted by atomic mass is 10.4. The number of hydrogen-bond donors (Lipinski definition) is 2. The maximum atomic E-state index is 12.3. The molecule has 0 saturated heterocycles. The Hall–Kier alpha value is -0.515. The molecule has 1 aromatic carbocycles. The number of rotatable bonds is 1. The smallest absolute Gasteiger partial charge is 0.429 e. The molecule has 0 spiro atoms. The molecule has 0 aliphatic heterocycles. The van der Waals surface area contributed by atoms with Gasteiger partial charge in [0.2, 0.25) is 0 Å². The highest BCUT2D eigenvalue weighted by molar-refractivity contribution is 7.98. The Labute approximate surface area is 75.7 Å². The summed E-state index contributed by atoms with van der Waals surface area (Å²) < 4.78 is 12.3. The standard InChI is InChI=1S/C7H7FS.BH2O2/c1-9-7-4-2-3-6(8)5-7;2-1-3/h2-5H,1H3;2-3H. The molecule has 5 heteroatoms. The summed E-state index contributed by atoms with van der Waals surface area (Å²) in [6.07, 6.45) is 1.93. The molecule has 12 heavy (non-hydrogen) atoms. The Morgan fingerprint density at radius 1 is 1.42 bits per heavy atom. The number of benzene rings is 1. The topological polar surface area (TPSA) is 40.5 Å². The van der Waals surface area contributed by atoms with Gasteiger partial charge in [-0.1, -0.05) is 6.07 Å². The average Bonchev–Trinajstić information content (AvgIpc) is 2.06. The molecule has 65 valence electrons.